The lowest BCUT2D eigenvalue weighted by Crippen LogP contribution is -2.13. The fourth-order valence-corrected chi connectivity index (χ4v) is 0.278. The fourth-order valence-electron chi connectivity index (χ4n) is 0.278. The predicted octanol–water partition coefficient (Wildman–Crippen LogP) is -1.22. The minimum atomic E-state index is -0.566. The van der Waals surface area contributed by atoms with Crippen LogP contribution >= 0.6 is 0 Å². The Kier molecular flexibility index (Phi) is 2.35. The number of hydrogen-bond donors (Lipinski definition) is 3. The van der Waals surface area contributed by atoms with Gasteiger partial charge in [-0.1, -0.05) is 5.73 Å². The average Bonchev–Trinajstić information content (AvgIpc) is 1.63. The lowest BCUT2D eigenvalue weighted by molar-refractivity contribution is -0.114. The van der Waals surface area contributed by atoms with E-state index in [1.165, 1.54) is 6.92 Å². The molecular formula is C5H9N3O. The highest BCUT2D eigenvalue weighted by Gasteiger charge is 1.92. The van der Waals surface area contributed by atoms with Gasteiger partial charge in [0.2, 0.25) is 0 Å². The van der Waals surface area contributed by atoms with E-state index in [9.17, 15) is 4.79 Å². The summed E-state index contributed by atoms with van der Waals surface area (Å²) in [4.78, 5) is 10.2. The molecule has 0 aromatic carbocycles. The zero-order valence-electron chi connectivity index (χ0n) is 5.14. The molecule has 9 heavy (non-hydrogen) atoms. The van der Waals surface area contributed by atoms with Gasteiger partial charge >= 0.3 is 0 Å². The largest absolute Gasteiger partial charge is 0.379 e. The number of carbonyl (C=O) groups is 1. The minimum absolute atomic E-state index is 0.0358. The molecule has 4 heteroatoms. The monoisotopic (exact) mass is 127 g/mol. The van der Waals surface area contributed by atoms with Crippen molar-refractivity contribution in [3.05, 3.63) is 17.1 Å². The first kappa shape index (κ1) is 7.59. The van der Waals surface area contributed by atoms with E-state index < -0.39 is 5.91 Å². The number of amides is 1. The molecule has 6 N–H and O–H groups in total. The lowest BCUT2D eigenvalue weighted by atomic mass is 10.3. The van der Waals surface area contributed by atoms with Crippen LogP contribution < -0.4 is 17.2 Å². The molecule has 0 heterocycles. The highest BCUT2D eigenvalue weighted by molar-refractivity contribution is 5.91. The highest BCUT2D eigenvalue weighted by atomic mass is 16.1. The van der Waals surface area contributed by atoms with Crippen molar-refractivity contribution in [2.24, 2.45) is 17.2 Å². The molecule has 1 amide bonds. The third-order valence-corrected chi connectivity index (χ3v) is 0.701. The van der Waals surface area contributed by atoms with Crippen LogP contribution in [0.25, 0.3) is 0 Å². The quantitative estimate of drug-likeness (QED) is 0.304. The topological polar surface area (TPSA) is 95.1 Å². The summed E-state index contributed by atoms with van der Waals surface area (Å²) in [5, 5.41) is 0. The van der Waals surface area contributed by atoms with E-state index in [1.807, 2.05) is 0 Å². The van der Waals surface area contributed by atoms with E-state index in [-0.39, 0.29) is 11.4 Å². The predicted molar refractivity (Wildman–Crippen MR) is 33.8 cm³/mol. The van der Waals surface area contributed by atoms with Gasteiger partial charge in [0, 0.05) is 0 Å². The Morgan fingerprint density at radius 3 is 1.89 bits per heavy atom. The molecule has 0 aromatic heterocycles. The van der Waals surface area contributed by atoms with Crippen LogP contribution in [0.3, 0.4) is 0 Å². The smallest absolute Gasteiger partial charge is 0.252 e. The second-order valence-electron chi connectivity index (χ2n) is 1.57. The van der Waals surface area contributed by atoms with Crippen LogP contribution in [0, 0.1) is 0 Å². The molecule has 0 unspecified atom stereocenters. The Balaban J connectivity index is 4.55. The summed E-state index contributed by atoms with van der Waals surface area (Å²) >= 11 is 0. The molecule has 0 fully saturated rings. The van der Waals surface area contributed by atoms with Gasteiger partial charge in [0.1, 0.15) is 5.82 Å². The van der Waals surface area contributed by atoms with Gasteiger partial charge in [-0.3, -0.25) is 4.79 Å². The fraction of sp³-hybridized carbons (Fsp3) is 0.200. The van der Waals surface area contributed by atoms with Crippen molar-refractivity contribution in [1.29, 1.82) is 0 Å². The van der Waals surface area contributed by atoms with Crippen molar-refractivity contribution in [1.82, 2.24) is 0 Å². The molecule has 50 valence electrons. The molecule has 0 atom stereocenters. The molecular weight excluding hydrogens is 118 g/mol. The Labute approximate surface area is 53.0 Å². The summed E-state index contributed by atoms with van der Waals surface area (Å²) < 4.78 is 0. The number of hydrogen-bond acceptors (Lipinski definition) is 3. The van der Waals surface area contributed by atoms with Crippen LogP contribution in [0.1, 0.15) is 6.92 Å². The second kappa shape index (κ2) is 2.79. The van der Waals surface area contributed by atoms with E-state index in [2.05, 4.69) is 5.73 Å². The van der Waals surface area contributed by atoms with Crippen molar-refractivity contribution in [2.45, 2.75) is 6.92 Å². The third-order valence-electron chi connectivity index (χ3n) is 0.701. The summed E-state index contributed by atoms with van der Waals surface area (Å²) in [6.45, 7) is 1.49. The first-order valence-electron chi connectivity index (χ1n) is 2.32. The maximum Gasteiger partial charge on any atom is 0.252 e. The van der Waals surface area contributed by atoms with Crippen molar-refractivity contribution in [2.75, 3.05) is 0 Å². The SMILES string of the molecule is CC(=C=C(N)N)C(N)=O. The summed E-state index contributed by atoms with van der Waals surface area (Å²) in [6, 6.07) is 0. The van der Waals surface area contributed by atoms with Gasteiger partial charge in [-0.15, -0.1) is 0 Å². The average molecular weight is 127 g/mol. The lowest BCUT2D eigenvalue weighted by Gasteiger charge is -1.86. The van der Waals surface area contributed by atoms with Crippen LogP contribution in [0.5, 0.6) is 0 Å². The van der Waals surface area contributed by atoms with Gasteiger partial charge in [-0.25, -0.2) is 0 Å². The molecule has 0 saturated heterocycles. The van der Waals surface area contributed by atoms with Crippen LogP contribution in [0.2, 0.25) is 0 Å². The van der Waals surface area contributed by atoms with Crippen molar-refractivity contribution in [3.8, 4) is 0 Å². The molecule has 0 rings (SSSR count). The first-order valence-corrected chi connectivity index (χ1v) is 2.32. The zero-order chi connectivity index (χ0) is 7.44. The number of primary amides is 1. The summed E-state index contributed by atoms with van der Waals surface area (Å²) in [7, 11) is 0. The molecule has 0 aromatic rings. The molecule has 0 aliphatic carbocycles. The third kappa shape index (κ3) is 3.20. The van der Waals surface area contributed by atoms with Crippen molar-refractivity contribution < 1.29 is 4.79 Å². The molecule has 0 radical (unpaired) electrons. The maximum atomic E-state index is 10.2. The summed E-state index contributed by atoms with van der Waals surface area (Å²) in [5.41, 5.74) is 17.4. The minimum Gasteiger partial charge on any atom is -0.379 e. The van der Waals surface area contributed by atoms with Gasteiger partial charge < -0.3 is 17.2 Å². The van der Waals surface area contributed by atoms with E-state index >= 15 is 0 Å². The van der Waals surface area contributed by atoms with Gasteiger partial charge in [0.25, 0.3) is 5.91 Å². The Bertz CT molecular complexity index is 184. The molecule has 0 saturated carbocycles. The van der Waals surface area contributed by atoms with Gasteiger partial charge in [-0.05, 0) is 6.92 Å². The molecule has 0 spiro atoms. The molecule has 0 aliphatic rings. The molecule has 0 bridgehead atoms. The van der Waals surface area contributed by atoms with Gasteiger partial charge in [0.05, 0.1) is 5.57 Å². The Morgan fingerprint density at radius 1 is 1.33 bits per heavy atom. The zero-order valence-corrected chi connectivity index (χ0v) is 5.14. The van der Waals surface area contributed by atoms with E-state index in [0.717, 1.165) is 0 Å². The number of nitrogens with two attached hydrogens (primary N) is 3. The highest BCUT2D eigenvalue weighted by Crippen LogP contribution is 1.84. The van der Waals surface area contributed by atoms with Crippen LogP contribution in [0.4, 0.5) is 0 Å². The second-order valence-corrected chi connectivity index (χ2v) is 1.57. The van der Waals surface area contributed by atoms with Crippen LogP contribution in [0.15, 0.2) is 17.1 Å². The van der Waals surface area contributed by atoms with E-state index in [1.54, 1.807) is 0 Å². The first-order chi connectivity index (χ1) is 4.04. The molecule has 0 aliphatic heterocycles. The summed E-state index contributed by atoms with van der Waals surface area (Å²) in [6.07, 6.45) is 0. The van der Waals surface area contributed by atoms with Gasteiger partial charge in [0.15, 0.2) is 0 Å². The summed E-state index contributed by atoms with van der Waals surface area (Å²) in [5.74, 6) is -0.602. The van der Waals surface area contributed by atoms with Gasteiger partial charge in [-0.2, -0.15) is 0 Å². The standard InChI is InChI=1S/C5H9N3O/c1-3(5(8)9)2-4(6)7/h6-7H2,1H3,(H2,8,9). The van der Waals surface area contributed by atoms with Crippen LogP contribution in [-0.2, 0) is 4.79 Å². The number of rotatable bonds is 1. The van der Waals surface area contributed by atoms with Crippen molar-refractivity contribution >= 4 is 5.91 Å². The number of carbonyl (C=O) groups excluding carboxylic acids is 1. The maximum absolute atomic E-state index is 10.2. The van der Waals surface area contributed by atoms with Crippen molar-refractivity contribution in [3.63, 3.8) is 0 Å². The molecule has 4 nitrogen and oxygen atoms in total. The van der Waals surface area contributed by atoms with E-state index in [0.29, 0.717) is 0 Å². The Hall–Kier alpha value is -1.41. The normalized spacial score (nSPS) is 7.67. The van der Waals surface area contributed by atoms with Crippen LogP contribution in [-0.4, -0.2) is 5.91 Å². The Morgan fingerprint density at radius 2 is 1.78 bits per heavy atom. The van der Waals surface area contributed by atoms with E-state index in [4.69, 9.17) is 17.2 Å².